The average molecular weight is 371 g/mol. The molecule has 26 heavy (non-hydrogen) atoms. The van der Waals surface area contributed by atoms with E-state index >= 15 is 0 Å². The molecule has 0 saturated carbocycles. The first-order chi connectivity index (χ1) is 12.5. The minimum absolute atomic E-state index is 0.145. The number of carbonyl (C=O) groups excluding carboxylic acids is 2. The monoisotopic (exact) mass is 371 g/mol. The molecule has 1 heterocycles. The van der Waals surface area contributed by atoms with Crippen molar-refractivity contribution in [1.82, 2.24) is 5.32 Å². The van der Waals surface area contributed by atoms with Crippen LogP contribution in [0, 0.1) is 5.41 Å². The van der Waals surface area contributed by atoms with Gasteiger partial charge in [-0.15, -0.1) is 11.3 Å². The molecular weight excluding hydrogens is 350 g/mol. The molecule has 0 aliphatic rings. The van der Waals surface area contributed by atoms with Crippen molar-refractivity contribution in [2.45, 2.75) is 20.3 Å². The number of rotatable bonds is 8. The molecule has 0 unspecified atom stereocenters. The summed E-state index contributed by atoms with van der Waals surface area (Å²) >= 11 is 1.46. The van der Waals surface area contributed by atoms with E-state index in [-0.39, 0.29) is 18.7 Å². The van der Waals surface area contributed by atoms with Crippen molar-refractivity contribution >= 4 is 34.6 Å². The van der Waals surface area contributed by atoms with Gasteiger partial charge in [0.1, 0.15) is 0 Å². The summed E-state index contributed by atoms with van der Waals surface area (Å²) in [7, 11) is 0. The molecule has 1 amide bonds. The number of hydrogen-bond acceptors (Lipinski definition) is 6. The summed E-state index contributed by atoms with van der Waals surface area (Å²) in [5, 5.41) is 15.5. The highest BCUT2D eigenvalue weighted by molar-refractivity contribution is 7.10. The van der Waals surface area contributed by atoms with E-state index in [1.165, 1.54) is 11.3 Å². The Balaban J connectivity index is 1.91. The predicted octanol–water partition coefficient (Wildman–Crippen LogP) is 3.33. The van der Waals surface area contributed by atoms with Gasteiger partial charge >= 0.3 is 5.97 Å². The number of para-hydroxylation sites is 1. The number of benzene rings is 1. The number of allylic oxidation sites excluding steroid dienone is 2. The maximum atomic E-state index is 12.1. The van der Waals surface area contributed by atoms with Crippen LogP contribution in [0.25, 0.3) is 0 Å². The first kappa shape index (κ1) is 19.4. The Bertz CT molecular complexity index is 799. The molecule has 0 bridgehead atoms. The van der Waals surface area contributed by atoms with Crippen LogP contribution in [0.15, 0.2) is 59.2 Å². The Hall–Kier alpha value is -2.93. The van der Waals surface area contributed by atoms with Gasteiger partial charge in [-0.05, 0) is 37.4 Å². The fourth-order valence-electron chi connectivity index (χ4n) is 2.20. The van der Waals surface area contributed by atoms with Crippen LogP contribution in [-0.2, 0) is 20.7 Å². The Morgan fingerprint density at radius 1 is 1.12 bits per heavy atom. The quantitative estimate of drug-likeness (QED) is 0.490. The number of esters is 1. The van der Waals surface area contributed by atoms with Crippen LogP contribution in [0.1, 0.15) is 18.7 Å². The average Bonchev–Trinajstić information content (AvgIpc) is 3.11. The van der Waals surface area contributed by atoms with Crippen LogP contribution in [0.5, 0.6) is 0 Å². The summed E-state index contributed by atoms with van der Waals surface area (Å²) in [5.41, 5.74) is 2.03. The zero-order chi connectivity index (χ0) is 18.9. The Kier molecular flexibility index (Phi) is 7.11. The highest BCUT2D eigenvalue weighted by Gasteiger charge is 2.13. The van der Waals surface area contributed by atoms with Crippen molar-refractivity contribution < 1.29 is 14.3 Å². The van der Waals surface area contributed by atoms with Gasteiger partial charge in [0.2, 0.25) is 0 Å². The molecule has 1 aromatic heterocycles. The lowest BCUT2D eigenvalue weighted by Gasteiger charge is -2.15. The summed E-state index contributed by atoms with van der Waals surface area (Å²) in [6.07, 6.45) is 0.145. The van der Waals surface area contributed by atoms with Crippen LogP contribution < -0.4 is 10.6 Å². The smallest absolute Gasteiger partial charge is 0.311 e. The molecule has 0 radical (unpaired) electrons. The van der Waals surface area contributed by atoms with Gasteiger partial charge in [0.05, 0.1) is 17.8 Å². The van der Waals surface area contributed by atoms with Gasteiger partial charge in [0.15, 0.2) is 6.61 Å². The van der Waals surface area contributed by atoms with Gasteiger partial charge in [0, 0.05) is 16.3 Å². The van der Waals surface area contributed by atoms with E-state index in [4.69, 9.17) is 10.1 Å². The number of ether oxygens (including phenoxy) is 1. The summed E-state index contributed by atoms with van der Waals surface area (Å²) in [4.78, 5) is 24.7. The molecule has 0 aliphatic heterocycles. The summed E-state index contributed by atoms with van der Waals surface area (Å²) in [6.45, 7) is 2.96. The summed E-state index contributed by atoms with van der Waals surface area (Å²) < 4.78 is 5.00. The van der Waals surface area contributed by atoms with E-state index < -0.39 is 11.9 Å². The van der Waals surface area contributed by atoms with Crippen molar-refractivity contribution in [3.8, 4) is 0 Å². The molecule has 0 fully saturated rings. The lowest BCUT2D eigenvalue weighted by molar-refractivity contribution is -0.147. The number of nitrogens with one attached hydrogen (secondary N) is 3. The van der Waals surface area contributed by atoms with Crippen molar-refractivity contribution in [2.75, 3.05) is 11.9 Å². The molecule has 3 N–H and O–H groups in total. The summed E-state index contributed by atoms with van der Waals surface area (Å²) in [6, 6.07) is 13.1. The van der Waals surface area contributed by atoms with E-state index in [0.29, 0.717) is 11.4 Å². The van der Waals surface area contributed by atoms with Crippen LogP contribution in [0.2, 0.25) is 0 Å². The van der Waals surface area contributed by atoms with E-state index in [2.05, 4.69) is 10.6 Å². The zero-order valence-corrected chi connectivity index (χ0v) is 15.5. The van der Waals surface area contributed by atoms with Gasteiger partial charge in [-0.1, -0.05) is 24.3 Å². The zero-order valence-electron chi connectivity index (χ0n) is 14.7. The van der Waals surface area contributed by atoms with E-state index in [1.807, 2.05) is 47.8 Å². The molecule has 136 valence electrons. The minimum Gasteiger partial charge on any atom is -0.455 e. The number of amides is 1. The van der Waals surface area contributed by atoms with Crippen molar-refractivity contribution in [1.29, 1.82) is 5.41 Å². The standard InChI is InChI=1S/C19H21N3O3S/c1-13(20)19(14(2)21-15-7-4-3-5-8-15)22-17(23)12-25-18(24)11-16-9-6-10-26-16/h3-10,20-21H,11-12H2,1-2H3,(H,22,23)/b19-14+,20-13?. The van der Waals surface area contributed by atoms with Gasteiger partial charge in [-0.25, -0.2) is 0 Å². The van der Waals surface area contributed by atoms with E-state index in [0.717, 1.165) is 10.6 Å². The maximum absolute atomic E-state index is 12.1. The second-order valence-electron chi connectivity index (χ2n) is 5.58. The normalized spacial score (nSPS) is 11.3. The molecule has 0 spiro atoms. The molecule has 2 aromatic rings. The molecule has 0 saturated heterocycles. The second-order valence-corrected chi connectivity index (χ2v) is 6.61. The van der Waals surface area contributed by atoms with Crippen LogP contribution >= 0.6 is 11.3 Å². The van der Waals surface area contributed by atoms with E-state index in [9.17, 15) is 9.59 Å². The highest BCUT2D eigenvalue weighted by Crippen LogP contribution is 2.12. The number of hydrogen-bond donors (Lipinski definition) is 3. The Labute approximate surface area is 156 Å². The largest absolute Gasteiger partial charge is 0.455 e. The van der Waals surface area contributed by atoms with Gasteiger partial charge in [0.25, 0.3) is 5.91 Å². The number of anilines is 1. The SMILES string of the molecule is CC(=N)/C(NC(=O)COC(=O)Cc1cccs1)=C(/C)Nc1ccccc1. The first-order valence-corrected chi connectivity index (χ1v) is 8.90. The second kappa shape index (κ2) is 9.53. The third-order valence-corrected chi connectivity index (χ3v) is 4.26. The van der Waals surface area contributed by atoms with Gasteiger partial charge in [-0.2, -0.15) is 0 Å². The molecule has 0 aliphatic carbocycles. The van der Waals surface area contributed by atoms with Gasteiger partial charge < -0.3 is 20.8 Å². The van der Waals surface area contributed by atoms with E-state index in [1.54, 1.807) is 13.8 Å². The minimum atomic E-state index is -0.486. The molecule has 6 nitrogen and oxygen atoms in total. The Morgan fingerprint density at radius 3 is 2.46 bits per heavy atom. The molecule has 7 heteroatoms. The maximum Gasteiger partial charge on any atom is 0.311 e. The number of thiophene rings is 1. The third-order valence-electron chi connectivity index (χ3n) is 3.38. The molecule has 2 rings (SSSR count). The van der Waals surface area contributed by atoms with Crippen molar-refractivity contribution in [3.63, 3.8) is 0 Å². The van der Waals surface area contributed by atoms with Gasteiger partial charge in [-0.3, -0.25) is 9.59 Å². The summed E-state index contributed by atoms with van der Waals surface area (Å²) in [5.74, 6) is -0.945. The van der Waals surface area contributed by atoms with Crippen LogP contribution in [0.4, 0.5) is 5.69 Å². The van der Waals surface area contributed by atoms with Crippen LogP contribution in [-0.4, -0.2) is 24.2 Å². The van der Waals surface area contributed by atoms with Crippen molar-refractivity contribution in [2.24, 2.45) is 0 Å². The third kappa shape index (κ3) is 6.18. The van der Waals surface area contributed by atoms with Crippen LogP contribution in [0.3, 0.4) is 0 Å². The molecule has 0 atom stereocenters. The fraction of sp³-hybridized carbons (Fsp3) is 0.211. The predicted molar refractivity (Wildman–Crippen MR) is 103 cm³/mol. The fourth-order valence-corrected chi connectivity index (χ4v) is 2.89. The molecule has 1 aromatic carbocycles. The lowest BCUT2D eigenvalue weighted by atomic mass is 10.2. The Morgan fingerprint density at radius 2 is 1.85 bits per heavy atom. The topological polar surface area (TPSA) is 91.3 Å². The number of carbonyl (C=O) groups is 2. The van der Waals surface area contributed by atoms with Crippen molar-refractivity contribution in [3.05, 3.63) is 64.1 Å². The first-order valence-electron chi connectivity index (χ1n) is 8.02. The lowest BCUT2D eigenvalue weighted by Crippen LogP contribution is -2.32. The molecular formula is C19H21N3O3S. The highest BCUT2D eigenvalue weighted by atomic mass is 32.1.